The zero-order chi connectivity index (χ0) is 15.8. The summed E-state index contributed by atoms with van der Waals surface area (Å²) in [6.07, 6.45) is -0.927. The van der Waals surface area contributed by atoms with Crippen LogP contribution in [0, 0.1) is 5.41 Å². The molecule has 0 amide bonds. The van der Waals surface area contributed by atoms with Crippen LogP contribution >= 0.6 is 28.3 Å². The quantitative estimate of drug-likeness (QED) is 0.770. The van der Waals surface area contributed by atoms with Gasteiger partial charge in [0.1, 0.15) is 0 Å². The lowest BCUT2D eigenvalue weighted by Gasteiger charge is -2.34. The van der Waals surface area contributed by atoms with E-state index in [0.717, 1.165) is 45.4 Å². The maximum Gasteiger partial charge on any atom is 0.416 e. The Morgan fingerprint density at radius 3 is 2.52 bits per heavy atom. The summed E-state index contributed by atoms with van der Waals surface area (Å²) in [4.78, 5) is 2.18. The van der Waals surface area contributed by atoms with E-state index < -0.39 is 11.7 Å². The van der Waals surface area contributed by atoms with E-state index in [1.807, 2.05) is 0 Å². The summed E-state index contributed by atoms with van der Waals surface area (Å²) in [6, 6.07) is 4.48. The molecule has 0 saturated carbocycles. The van der Waals surface area contributed by atoms with Crippen LogP contribution in [0.25, 0.3) is 0 Å². The van der Waals surface area contributed by atoms with Crippen molar-refractivity contribution in [3.63, 3.8) is 0 Å². The molecule has 1 aromatic rings. The lowest BCUT2D eigenvalue weighted by atomic mass is 9.78. The van der Waals surface area contributed by atoms with Gasteiger partial charge in [0, 0.05) is 17.6 Å². The Morgan fingerprint density at radius 2 is 1.87 bits per heavy atom. The first-order valence-corrected chi connectivity index (χ1v) is 8.46. The molecule has 1 spiro atoms. The largest absolute Gasteiger partial charge is 0.416 e. The average molecular weight is 414 g/mol. The molecule has 2 aliphatic rings. The summed E-state index contributed by atoms with van der Waals surface area (Å²) in [5, 5.41) is 3.36. The van der Waals surface area contributed by atoms with Gasteiger partial charge in [0.25, 0.3) is 0 Å². The summed E-state index contributed by atoms with van der Waals surface area (Å²) in [6.45, 7) is 4.26. The SMILES string of the molecule is Cl.FC(F)(F)c1cc(Br)ccc1CN1CCC2(CCNCC2)C1. The molecule has 0 unspecified atom stereocenters. The second-order valence-electron chi connectivity index (χ2n) is 6.51. The summed E-state index contributed by atoms with van der Waals surface area (Å²) in [5.41, 5.74) is 0.175. The summed E-state index contributed by atoms with van der Waals surface area (Å²) in [7, 11) is 0. The third-order valence-electron chi connectivity index (χ3n) is 4.95. The van der Waals surface area contributed by atoms with Gasteiger partial charge >= 0.3 is 6.18 Å². The summed E-state index contributed by atoms with van der Waals surface area (Å²) >= 11 is 3.14. The van der Waals surface area contributed by atoms with Gasteiger partial charge in [0.15, 0.2) is 0 Å². The normalized spacial score (nSPS) is 21.4. The van der Waals surface area contributed by atoms with Crippen LogP contribution in [0.15, 0.2) is 22.7 Å². The smallest absolute Gasteiger partial charge is 0.317 e. The van der Waals surface area contributed by atoms with Crippen LogP contribution in [0.2, 0.25) is 0 Å². The highest BCUT2D eigenvalue weighted by molar-refractivity contribution is 9.10. The molecule has 0 aliphatic carbocycles. The minimum atomic E-state index is -4.30. The molecule has 3 rings (SSSR count). The monoisotopic (exact) mass is 412 g/mol. The highest BCUT2D eigenvalue weighted by Gasteiger charge is 2.40. The van der Waals surface area contributed by atoms with Crippen molar-refractivity contribution < 1.29 is 13.2 Å². The van der Waals surface area contributed by atoms with E-state index in [1.54, 1.807) is 12.1 Å². The van der Waals surface area contributed by atoms with Gasteiger partial charge in [0.2, 0.25) is 0 Å². The van der Waals surface area contributed by atoms with Crippen LogP contribution < -0.4 is 5.32 Å². The molecule has 0 bridgehead atoms. The number of hydrogen-bond acceptors (Lipinski definition) is 2. The van der Waals surface area contributed by atoms with Gasteiger partial charge < -0.3 is 5.32 Å². The minimum Gasteiger partial charge on any atom is -0.317 e. The number of halogens is 5. The first kappa shape index (κ1) is 19.0. The van der Waals surface area contributed by atoms with E-state index in [9.17, 15) is 13.2 Å². The molecular formula is C16H21BrClF3N2. The van der Waals surface area contributed by atoms with Gasteiger partial charge in [-0.1, -0.05) is 22.0 Å². The van der Waals surface area contributed by atoms with Crippen molar-refractivity contribution in [2.75, 3.05) is 26.2 Å². The number of nitrogens with zero attached hydrogens (tertiary/aromatic N) is 1. The highest BCUT2D eigenvalue weighted by atomic mass is 79.9. The second-order valence-corrected chi connectivity index (χ2v) is 7.43. The molecule has 2 fully saturated rings. The number of piperidine rings is 1. The van der Waals surface area contributed by atoms with Crippen LogP contribution in [0.3, 0.4) is 0 Å². The van der Waals surface area contributed by atoms with Crippen LogP contribution in [-0.4, -0.2) is 31.1 Å². The van der Waals surface area contributed by atoms with Crippen molar-refractivity contribution in [1.29, 1.82) is 0 Å². The summed E-state index contributed by atoms with van der Waals surface area (Å²) < 4.78 is 40.1. The third-order valence-corrected chi connectivity index (χ3v) is 5.45. The minimum absolute atomic E-state index is 0. The predicted octanol–water partition coefficient (Wildman–Crippen LogP) is 4.47. The first-order valence-electron chi connectivity index (χ1n) is 7.67. The molecule has 130 valence electrons. The van der Waals surface area contributed by atoms with Gasteiger partial charge in [0.05, 0.1) is 5.56 Å². The fourth-order valence-electron chi connectivity index (χ4n) is 3.72. The molecular weight excluding hydrogens is 393 g/mol. The molecule has 0 atom stereocenters. The molecule has 23 heavy (non-hydrogen) atoms. The number of alkyl halides is 3. The van der Waals surface area contributed by atoms with Crippen molar-refractivity contribution in [3.8, 4) is 0 Å². The van der Waals surface area contributed by atoms with Crippen molar-refractivity contribution in [2.45, 2.75) is 32.0 Å². The average Bonchev–Trinajstić information content (AvgIpc) is 2.83. The van der Waals surface area contributed by atoms with E-state index in [0.29, 0.717) is 22.0 Å². The van der Waals surface area contributed by atoms with Crippen LogP contribution in [-0.2, 0) is 12.7 Å². The van der Waals surface area contributed by atoms with Crippen molar-refractivity contribution in [2.24, 2.45) is 5.41 Å². The number of benzene rings is 1. The van der Waals surface area contributed by atoms with Crippen LogP contribution in [0.1, 0.15) is 30.4 Å². The zero-order valence-electron chi connectivity index (χ0n) is 12.8. The molecule has 0 radical (unpaired) electrons. The Hall–Kier alpha value is -0.300. The fraction of sp³-hybridized carbons (Fsp3) is 0.625. The van der Waals surface area contributed by atoms with E-state index in [2.05, 4.69) is 26.1 Å². The maximum absolute atomic E-state index is 13.2. The molecule has 2 heterocycles. The molecule has 1 aromatic carbocycles. The summed E-state index contributed by atoms with van der Waals surface area (Å²) in [5.74, 6) is 0. The molecule has 1 N–H and O–H groups in total. The van der Waals surface area contributed by atoms with E-state index in [-0.39, 0.29) is 12.4 Å². The Balaban J connectivity index is 0.00000192. The van der Waals surface area contributed by atoms with E-state index >= 15 is 0 Å². The Morgan fingerprint density at radius 1 is 1.17 bits per heavy atom. The topological polar surface area (TPSA) is 15.3 Å². The van der Waals surface area contributed by atoms with Crippen LogP contribution in [0.5, 0.6) is 0 Å². The number of likely N-dealkylation sites (tertiary alicyclic amines) is 1. The van der Waals surface area contributed by atoms with Gasteiger partial charge in [-0.05, 0) is 62.0 Å². The molecule has 2 aliphatic heterocycles. The Bertz CT molecular complexity index is 545. The third kappa shape index (κ3) is 4.41. The number of rotatable bonds is 2. The fourth-order valence-corrected chi connectivity index (χ4v) is 4.08. The molecule has 7 heteroatoms. The Kier molecular flexibility index (Phi) is 6.04. The van der Waals surface area contributed by atoms with Gasteiger partial charge in [-0.15, -0.1) is 12.4 Å². The maximum atomic E-state index is 13.2. The first-order chi connectivity index (χ1) is 10.4. The predicted molar refractivity (Wildman–Crippen MR) is 90.8 cm³/mol. The van der Waals surface area contributed by atoms with Crippen molar-refractivity contribution >= 4 is 28.3 Å². The molecule has 2 saturated heterocycles. The lowest BCUT2D eigenvalue weighted by molar-refractivity contribution is -0.138. The molecule has 0 aromatic heterocycles. The zero-order valence-corrected chi connectivity index (χ0v) is 15.2. The van der Waals surface area contributed by atoms with E-state index in [4.69, 9.17) is 0 Å². The second kappa shape index (κ2) is 7.30. The number of nitrogens with one attached hydrogen (secondary N) is 1. The van der Waals surface area contributed by atoms with Gasteiger partial charge in [-0.2, -0.15) is 13.2 Å². The van der Waals surface area contributed by atoms with Crippen molar-refractivity contribution in [3.05, 3.63) is 33.8 Å². The number of hydrogen-bond donors (Lipinski definition) is 1. The Labute approximate surface area is 149 Å². The van der Waals surface area contributed by atoms with E-state index in [1.165, 1.54) is 6.07 Å². The van der Waals surface area contributed by atoms with Gasteiger partial charge in [-0.3, -0.25) is 4.90 Å². The van der Waals surface area contributed by atoms with Crippen molar-refractivity contribution in [1.82, 2.24) is 10.2 Å². The van der Waals surface area contributed by atoms with Crippen LogP contribution in [0.4, 0.5) is 13.2 Å². The van der Waals surface area contributed by atoms with Gasteiger partial charge in [-0.25, -0.2) is 0 Å². The standard InChI is InChI=1S/C16H20BrF3N2.ClH/c17-13-2-1-12(14(9-13)16(18,19)20)10-22-8-5-15(11-22)3-6-21-7-4-15;/h1-2,9,21H,3-8,10-11H2;1H. The highest BCUT2D eigenvalue weighted by Crippen LogP contribution is 2.40. The lowest BCUT2D eigenvalue weighted by Crippen LogP contribution is -2.38. The molecule has 2 nitrogen and oxygen atoms in total.